The van der Waals surface area contributed by atoms with E-state index in [1.54, 1.807) is 19.9 Å². The average molecular weight is 324 g/mol. The minimum atomic E-state index is -0.720. The number of hydrogen-bond donors (Lipinski definition) is 2. The number of methoxy groups -OCH3 is 1. The van der Waals surface area contributed by atoms with Gasteiger partial charge in [0.1, 0.15) is 0 Å². The molecule has 0 aliphatic rings. The molecule has 0 atom stereocenters. The number of urea groups is 1. The van der Waals surface area contributed by atoms with Gasteiger partial charge in [0.2, 0.25) is 0 Å². The van der Waals surface area contributed by atoms with Crippen LogP contribution in [0.4, 0.5) is 4.79 Å². The largest absolute Gasteiger partial charge is 0.493 e. The van der Waals surface area contributed by atoms with E-state index in [0.29, 0.717) is 24.7 Å². The molecule has 8 heteroatoms. The maximum atomic E-state index is 11.9. The van der Waals surface area contributed by atoms with Crippen molar-refractivity contribution in [2.45, 2.75) is 13.8 Å². The van der Waals surface area contributed by atoms with Crippen molar-refractivity contribution in [2.75, 3.05) is 26.9 Å². The number of carbonyl (C=O) groups is 3. The van der Waals surface area contributed by atoms with Crippen molar-refractivity contribution < 1.29 is 28.6 Å². The van der Waals surface area contributed by atoms with Crippen LogP contribution in [0.5, 0.6) is 11.5 Å². The quantitative estimate of drug-likeness (QED) is 0.728. The number of ether oxygens (including phenoxy) is 3. The van der Waals surface area contributed by atoms with Gasteiger partial charge in [-0.15, -0.1) is 0 Å². The van der Waals surface area contributed by atoms with Crippen LogP contribution in [0, 0.1) is 0 Å². The maximum absolute atomic E-state index is 11.9. The second-order valence-corrected chi connectivity index (χ2v) is 4.28. The standard InChI is InChI=1S/C15H20N2O6/c1-4-16-15(20)17-13(18)9-23-14(19)10-6-7-11(21-3)12(8-10)22-5-2/h6-8H,4-5,9H2,1-3H3,(H2,16,17,18,20). The smallest absolute Gasteiger partial charge is 0.338 e. The van der Waals surface area contributed by atoms with Crippen molar-refractivity contribution in [2.24, 2.45) is 0 Å². The number of rotatable bonds is 7. The molecular formula is C15H20N2O6. The van der Waals surface area contributed by atoms with E-state index in [0.717, 1.165) is 0 Å². The number of benzene rings is 1. The zero-order valence-corrected chi connectivity index (χ0v) is 13.3. The molecule has 0 unspecified atom stereocenters. The number of nitrogens with one attached hydrogen (secondary N) is 2. The third kappa shape index (κ3) is 5.85. The third-order valence-electron chi connectivity index (χ3n) is 2.62. The van der Waals surface area contributed by atoms with Gasteiger partial charge in [-0.3, -0.25) is 10.1 Å². The van der Waals surface area contributed by atoms with Crippen molar-refractivity contribution in [3.05, 3.63) is 23.8 Å². The van der Waals surface area contributed by atoms with Gasteiger partial charge in [0.25, 0.3) is 5.91 Å². The van der Waals surface area contributed by atoms with Crippen LogP contribution >= 0.6 is 0 Å². The summed E-state index contributed by atoms with van der Waals surface area (Å²) in [5.74, 6) is -0.545. The van der Waals surface area contributed by atoms with Crippen LogP contribution in [0.1, 0.15) is 24.2 Å². The van der Waals surface area contributed by atoms with Crippen molar-refractivity contribution in [3.8, 4) is 11.5 Å². The van der Waals surface area contributed by atoms with Crippen LogP contribution in [-0.2, 0) is 9.53 Å². The van der Waals surface area contributed by atoms with E-state index in [-0.39, 0.29) is 5.56 Å². The Balaban J connectivity index is 2.62. The van der Waals surface area contributed by atoms with Crippen LogP contribution in [0.15, 0.2) is 18.2 Å². The molecule has 0 saturated heterocycles. The van der Waals surface area contributed by atoms with Gasteiger partial charge in [0, 0.05) is 6.54 Å². The lowest BCUT2D eigenvalue weighted by Crippen LogP contribution is -2.41. The lowest BCUT2D eigenvalue weighted by molar-refractivity contribution is -0.123. The summed E-state index contributed by atoms with van der Waals surface area (Å²) in [6, 6.07) is 3.88. The van der Waals surface area contributed by atoms with Gasteiger partial charge in [0.05, 0.1) is 19.3 Å². The molecule has 126 valence electrons. The normalized spacial score (nSPS) is 9.70. The van der Waals surface area contributed by atoms with E-state index in [1.807, 2.05) is 5.32 Å². The Morgan fingerprint density at radius 1 is 1.13 bits per heavy atom. The lowest BCUT2D eigenvalue weighted by Gasteiger charge is -2.11. The van der Waals surface area contributed by atoms with Crippen LogP contribution in [-0.4, -0.2) is 44.8 Å². The zero-order valence-electron chi connectivity index (χ0n) is 13.3. The van der Waals surface area contributed by atoms with Crippen LogP contribution in [0.2, 0.25) is 0 Å². The molecule has 8 nitrogen and oxygen atoms in total. The highest BCUT2D eigenvalue weighted by atomic mass is 16.5. The summed E-state index contributed by atoms with van der Waals surface area (Å²) in [6.45, 7) is 3.74. The molecule has 0 saturated carbocycles. The van der Waals surface area contributed by atoms with Gasteiger partial charge in [-0.05, 0) is 32.0 Å². The SMILES string of the molecule is CCNC(=O)NC(=O)COC(=O)c1ccc(OC)c(OCC)c1. The predicted molar refractivity (Wildman–Crippen MR) is 81.7 cm³/mol. The second kappa shape index (κ2) is 9.29. The molecule has 0 fully saturated rings. The Morgan fingerprint density at radius 3 is 2.48 bits per heavy atom. The molecule has 0 radical (unpaired) electrons. The first-order valence-electron chi connectivity index (χ1n) is 7.07. The van der Waals surface area contributed by atoms with Gasteiger partial charge in [0.15, 0.2) is 18.1 Å². The minimum Gasteiger partial charge on any atom is -0.493 e. The Kier molecular flexibility index (Phi) is 7.38. The molecule has 0 bridgehead atoms. The van der Waals surface area contributed by atoms with Gasteiger partial charge < -0.3 is 19.5 Å². The van der Waals surface area contributed by atoms with E-state index in [1.165, 1.54) is 19.2 Å². The van der Waals surface area contributed by atoms with Crippen molar-refractivity contribution in [1.82, 2.24) is 10.6 Å². The molecule has 1 aromatic rings. The molecule has 0 heterocycles. The Hall–Kier alpha value is -2.77. The Bertz CT molecular complexity index is 573. The Labute approximate surface area is 134 Å². The molecule has 23 heavy (non-hydrogen) atoms. The van der Waals surface area contributed by atoms with Crippen LogP contribution in [0.25, 0.3) is 0 Å². The fraction of sp³-hybridized carbons (Fsp3) is 0.400. The zero-order chi connectivity index (χ0) is 17.2. The van der Waals surface area contributed by atoms with Crippen molar-refractivity contribution >= 4 is 17.9 Å². The van der Waals surface area contributed by atoms with E-state index < -0.39 is 24.5 Å². The molecule has 0 aliphatic heterocycles. The first-order chi connectivity index (χ1) is 11.0. The summed E-state index contributed by atoms with van der Waals surface area (Å²) >= 11 is 0. The topological polar surface area (TPSA) is 103 Å². The van der Waals surface area contributed by atoms with E-state index in [4.69, 9.17) is 14.2 Å². The summed E-state index contributed by atoms with van der Waals surface area (Å²) in [5, 5.41) is 4.41. The summed E-state index contributed by atoms with van der Waals surface area (Å²) in [5.41, 5.74) is 0.208. The molecule has 1 aromatic carbocycles. The predicted octanol–water partition coefficient (Wildman–Crippen LogP) is 1.10. The highest BCUT2D eigenvalue weighted by Crippen LogP contribution is 2.28. The number of amides is 3. The fourth-order valence-electron chi connectivity index (χ4n) is 1.65. The third-order valence-corrected chi connectivity index (χ3v) is 2.62. The number of esters is 1. The second-order valence-electron chi connectivity index (χ2n) is 4.28. The molecule has 0 spiro atoms. The number of hydrogen-bond acceptors (Lipinski definition) is 6. The lowest BCUT2D eigenvalue weighted by atomic mass is 10.2. The Morgan fingerprint density at radius 2 is 1.87 bits per heavy atom. The van der Waals surface area contributed by atoms with Gasteiger partial charge in [-0.1, -0.05) is 0 Å². The van der Waals surface area contributed by atoms with Crippen LogP contribution in [0.3, 0.4) is 0 Å². The highest BCUT2D eigenvalue weighted by molar-refractivity contribution is 5.97. The molecule has 1 rings (SSSR count). The summed E-state index contributed by atoms with van der Waals surface area (Å²) < 4.78 is 15.3. The fourth-order valence-corrected chi connectivity index (χ4v) is 1.65. The monoisotopic (exact) mass is 324 g/mol. The number of carbonyl (C=O) groups excluding carboxylic acids is 3. The molecule has 0 aliphatic carbocycles. The maximum Gasteiger partial charge on any atom is 0.338 e. The van der Waals surface area contributed by atoms with Gasteiger partial charge >= 0.3 is 12.0 Å². The summed E-state index contributed by atoms with van der Waals surface area (Å²) in [7, 11) is 1.49. The molecule has 0 aromatic heterocycles. The van der Waals surface area contributed by atoms with E-state index in [2.05, 4.69) is 5.32 Å². The average Bonchev–Trinajstić information content (AvgIpc) is 2.53. The van der Waals surface area contributed by atoms with Gasteiger partial charge in [-0.25, -0.2) is 9.59 Å². The molecular weight excluding hydrogens is 304 g/mol. The molecule has 2 N–H and O–H groups in total. The molecule has 3 amide bonds. The number of imide groups is 1. The summed E-state index contributed by atoms with van der Waals surface area (Å²) in [4.78, 5) is 34.5. The van der Waals surface area contributed by atoms with E-state index >= 15 is 0 Å². The van der Waals surface area contributed by atoms with Crippen molar-refractivity contribution in [1.29, 1.82) is 0 Å². The van der Waals surface area contributed by atoms with Gasteiger partial charge in [-0.2, -0.15) is 0 Å². The van der Waals surface area contributed by atoms with E-state index in [9.17, 15) is 14.4 Å². The first kappa shape index (κ1) is 18.3. The summed E-state index contributed by atoms with van der Waals surface area (Å²) in [6.07, 6.45) is 0. The highest BCUT2D eigenvalue weighted by Gasteiger charge is 2.14. The van der Waals surface area contributed by atoms with Crippen LogP contribution < -0.4 is 20.1 Å². The van der Waals surface area contributed by atoms with Crippen molar-refractivity contribution in [3.63, 3.8) is 0 Å². The first-order valence-corrected chi connectivity index (χ1v) is 7.07. The minimum absolute atomic E-state index is 0.208.